The molecule has 2 aliphatic rings. The predicted molar refractivity (Wildman–Crippen MR) is 79.2 cm³/mol. The number of aryl methyl sites for hydroxylation is 1. The van der Waals surface area contributed by atoms with Crippen LogP contribution < -0.4 is 5.32 Å². The lowest BCUT2D eigenvalue weighted by atomic mass is 10.0. The van der Waals surface area contributed by atoms with E-state index in [0.29, 0.717) is 0 Å². The maximum Gasteiger partial charge on any atom is 0.303 e. The molecule has 3 rings (SSSR count). The number of likely N-dealkylation sites (tertiary alicyclic amines) is 1. The minimum absolute atomic E-state index is 0.0298. The fourth-order valence-electron chi connectivity index (χ4n) is 3.19. The summed E-state index contributed by atoms with van der Waals surface area (Å²) in [7, 11) is 1.81. The molecule has 1 aromatic rings. The average molecular weight is 320 g/mol. The third-order valence-corrected chi connectivity index (χ3v) is 4.38. The van der Waals surface area contributed by atoms with Crippen LogP contribution in [0, 0.1) is 0 Å². The summed E-state index contributed by atoms with van der Waals surface area (Å²) in [5.74, 6) is -1.32. The lowest BCUT2D eigenvalue weighted by Gasteiger charge is -2.28. The SMILES string of the molecule is Cn1nccc1[C@H]1[C@H](NC(=O)CCC(=O)O)CC(=O)N1C1CC1. The quantitative estimate of drug-likeness (QED) is 0.779. The third kappa shape index (κ3) is 3.20. The Kier molecular flexibility index (Phi) is 4.06. The number of aliphatic carboxylic acids is 1. The number of hydrogen-bond acceptors (Lipinski definition) is 4. The molecule has 2 fully saturated rings. The summed E-state index contributed by atoms with van der Waals surface area (Å²) in [6, 6.07) is 1.51. The van der Waals surface area contributed by atoms with Gasteiger partial charge in [-0.25, -0.2) is 0 Å². The van der Waals surface area contributed by atoms with Gasteiger partial charge >= 0.3 is 5.97 Å². The smallest absolute Gasteiger partial charge is 0.303 e. The molecule has 1 aliphatic carbocycles. The number of hydrogen-bond donors (Lipinski definition) is 2. The molecule has 2 amide bonds. The van der Waals surface area contributed by atoms with Crippen LogP contribution in [0.15, 0.2) is 12.3 Å². The van der Waals surface area contributed by atoms with Gasteiger partial charge in [-0.1, -0.05) is 0 Å². The van der Waals surface area contributed by atoms with E-state index in [9.17, 15) is 14.4 Å². The molecule has 0 radical (unpaired) electrons. The number of carboxylic acids is 1. The molecule has 0 aromatic carbocycles. The number of carbonyl (C=O) groups excluding carboxylic acids is 2. The molecule has 8 heteroatoms. The Labute approximate surface area is 133 Å². The molecule has 0 spiro atoms. The number of nitrogens with zero attached hydrogens (tertiary/aromatic N) is 3. The van der Waals surface area contributed by atoms with Crippen LogP contribution in [-0.4, -0.2) is 49.7 Å². The molecular formula is C15H20N4O4. The highest BCUT2D eigenvalue weighted by atomic mass is 16.4. The first-order chi connectivity index (χ1) is 11.0. The van der Waals surface area contributed by atoms with Gasteiger partial charge in [-0.15, -0.1) is 0 Å². The molecule has 1 aliphatic heterocycles. The van der Waals surface area contributed by atoms with Crippen LogP contribution in [0.25, 0.3) is 0 Å². The third-order valence-electron chi connectivity index (χ3n) is 4.38. The monoisotopic (exact) mass is 320 g/mol. The Bertz CT molecular complexity index is 637. The van der Waals surface area contributed by atoms with Crippen molar-refractivity contribution in [3.63, 3.8) is 0 Å². The van der Waals surface area contributed by atoms with E-state index in [0.717, 1.165) is 18.5 Å². The van der Waals surface area contributed by atoms with E-state index in [1.807, 2.05) is 18.0 Å². The van der Waals surface area contributed by atoms with Crippen LogP contribution >= 0.6 is 0 Å². The van der Waals surface area contributed by atoms with Gasteiger partial charge in [-0.3, -0.25) is 19.1 Å². The van der Waals surface area contributed by atoms with Crippen LogP contribution in [0.3, 0.4) is 0 Å². The van der Waals surface area contributed by atoms with Gasteiger partial charge in [-0.05, 0) is 18.9 Å². The number of aromatic nitrogens is 2. The molecule has 1 aromatic heterocycles. The van der Waals surface area contributed by atoms with Crippen molar-refractivity contribution >= 4 is 17.8 Å². The van der Waals surface area contributed by atoms with E-state index >= 15 is 0 Å². The highest BCUT2D eigenvalue weighted by Gasteiger charge is 2.48. The van der Waals surface area contributed by atoms with E-state index in [1.165, 1.54) is 0 Å². The molecule has 0 unspecified atom stereocenters. The average Bonchev–Trinajstić information content (AvgIpc) is 3.15. The van der Waals surface area contributed by atoms with E-state index in [2.05, 4.69) is 10.4 Å². The fourth-order valence-corrected chi connectivity index (χ4v) is 3.19. The topological polar surface area (TPSA) is 105 Å². The van der Waals surface area contributed by atoms with Crippen molar-refractivity contribution in [2.45, 2.75) is 50.2 Å². The highest BCUT2D eigenvalue weighted by Crippen LogP contribution is 2.41. The van der Waals surface area contributed by atoms with Gasteiger partial charge in [0, 0.05) is 32.1 Å². The second-order valence-corrected chi connectivity index (χ2v) is 6.13. The van der Waals surface area contributed by atoms with Crippen molar-refractivity contribution in [1.29, 1.82) is 0 Å². The van der Waals surface area contributed by atoms with Gasteiger partial charge in [0.1, 0.15) is 0 Å². The van der Waals surface area contributed by atoms with Gasteiger partial charge in [0.05, 0.1) is 24.2 Å². The van der Waals surface area contributed by atoms with Crippen LogP contribution in [-0.2, 0) is 21.4 Å². The van der Waals surface area contributed by atoms with Crippen molar-refractivity contribution in [3.8, 4) is 0 Å². The van der Waals surface area contributed by atoms with Crippen LogP contribution in [0.5, 0.6) is 0 Å². The van der Waals surface area contributed by atoms with E-state index in [4.69, 9.17) is 5.11 Å². The van der Waals surface area contributed by atoms with Crippen molar-refractivity contribution in [3.05, 3.63) is 18.0 Å². The minimum atomic E-state index is -1.01. The van der Waals surface area contributed by atoms with Crippen molar-refractivity contribution in [2.24, 2.45) is 7.05 Å². The fraction of sp³-hybridized carbons (Fsp3) is 0.600. The molecule has 0 bridgehead atoms. The Balaban J connectivity index is 1.77. The summed E-state index contributed by atoms with van der Waals surface area (Å²) in [5.41, 5.74) is 0.881. The summed E-state index contributed by atoms with van der Waals surface area (Å²) >= 11 is 0. The number of carboxylic acid groups (broad SMARTS) is 1. The Morgan fingerprint density at radius 2 is 2.13 bits per heavy atom. The lowest BCUT2D eigenvalue weighted by molar-refractivity contribution is -0.139. The van der Waals surface area contributed by atoms with Crippen molar-refractivity contribution < 1.29 is 19.5 Å². The van der Waals surface area contributed by atoms with Gasteiger partial charge in [0.25, 0.3) is 0 Å². The maximum absolute atomic E-state index is 12.4. The van der Waals surface area contributed by atoms with Crippen LogP contribution in [0.2, 0.25) is 0 Å². The molecule has 8 nitrogen and oxygen atoms in total. The second kappa shape index (κ2) is 6.02. The molecule has 1 saturated heterocycles. The Morgan fingerprint density at radius 3 is 2.70 bits per heavy atom. The molecule has 1 saturated carbocycles. The normalized spacial score (nSPS) is 24.0. The summed E-state index contributed by atoms with van der Waals surface area (Å²) in [5, 5.41) is 15.7. The first-order valence-corrected chi connectivity index (χ1v) is 7.77. The molecule has 2 heterocycles. The van der Waals surface area contributed by atoms with E-state index < -0.39 is 5.97 Å². The first kappa shape index (κ1) is 15.5. The Hall–Kier alpha value is -2.38. The summed E-state index contributed by atoms with van der Waals surface area (Å²) < 4.78 is 1.72. The van der Waals surface area contributed by atoms with Crippen molar-refractivity contribution in [2.75, 3.05) is 0 Å². The maximum atomic E-state index is 12.4. The Morgan fingerprint density at radius 1 is 1.39 bits per heavy atom. The zero-order valence-corrected chi connectivity index (χ0v) is 12.9. The molecule has 23 heavy (non-hydrogen) atoms. The van der Waals surface area contributed by atoms with Gasteiger partial charge in [0.2, 0.25) is 11.8 Å². The van der Waals surface area contributed by atoms with Gasteiger partial charge in [0.15, 0.2) is 0 Å². The highest BCUT2D eigenvalue weighted by molar-refractivity contribution is 5.84. The van der Waals surface area contributed by atoms with E-state index in [1.54, 1.807) is 10.9 Å². The molecule has 124 valence electrons. The van der Waals surface area contributed by atoms with Crippen LogP contribution in [0.4, 0.5) is 0 Å². The molecule has 2 N–H and O–H groups in total. The lowest BCUT2D eigenvalue weighted by Crippen LogP contribution is -2.41. The molecular weight excluding hydrogens is 300 g/mol. The number of nitrogens with one attached hydrogen (secondary N) is 1. The van der Waals surface area contributed by atoms with Crippen LogP contribution in [0.1, 0.15) is 43.8 Å². The summed E-state index contributed by atoms with van der Waals surface area (Å²) in [4.78, 5) is 36.8. The summed E-state index contributed by atoms with van der Waals surface area (Å²) in [6.07, 6.45) is 3.59. The predicted octanol–water partition coefficient (Wildman–Crippen LogP) is 0.206. The second-order valence-electron chi connectivity index (χ2n) is 6.13. The van der Waals surface area contributed by atoms with Gasteiger partial charge in [-0.2, -0.15) is 5.10 Å². The van der Waals surface area contributed by atoms with Crippen molar-refractivity contribution in [1.82, 2.24) is 20.0 Å². The first-order valence-electron chi connectivity index (χ1n) is 7.77. The minimum Gasteiger partial charge on any atom is -0.481 e. The standard InChI is InChI=1S/C15H20N4O4/c1-18-11(6-7-16-18)15-10(17-12(20)4-5-14(22)23)8-13(21)19(15)9-2-3-9/h6-7,9-10,15H,2-5,8H2,1H3,(H,17,20)(H,22,23)/t10-,15-/m1/s1. The summed E-state index contributed by atoms with van der Waals surface area (Å²) in [6.45, 7) is 0. The zero-order valence-electron chi connectivity index (χ0n) is 12.9. The number of carbonyl (C=O) groups is 3. The number of amides is 2. The zero-order chi connectivity index (χ0) is 16.6. The van der Waals surface area contributed by atoms with E-state index in [-0.39, 0.29) is 49.2 Å². The largest absolute Gasteiger partial charge is 0.481 e. The number of rotatable bonds is 6. The van der Waals surface area contributed by atoms with Gasteiger partial charge < -0.3 is 15.3 Å². The molecule has 2 atom stereocenters.